The third kappa shape index (κ3) is 3.05. The standard InChI is InChI=1S/C15H18N2O3/c1-10-8-13(20-14(10)15(18)19)11(2)17(3)9-12-6-4-5-7-16-12/h4-8,11H,9H2,1-3H3,(H,18,19). The average molecular weight is 274 g/mol. The Balaban J connectivity index is 2.12. The van der Waals surface area contributed by atoms with E-state index < -0.39 is 5.97 Å². The third-order valence-electron chi connectivity index (χ3n) is 3.34. The summed E-state index contributed by atoms with van der Waals surface area (Å²) in [6, 6.07) is 7.54. The number of nitrogens with zero attached hydrogens (tertiary/aromatic N) is 2. The number of carboxylic acids is 1. The number of rotatable bonds is 5. The number of aromatic nitrogens is 1. The van der Waals surface area contributed by atoms with Gasteiger partial charge in [0.1, 0.15) is 5.76 Å². The fourth-order valence-corrected chi connectivity index (χ4v) is 2.03. The van der Waals surface area contributed by atoms with Crippen LogP contribution in [0.5, 0.6) is 0 Å². The van der Waals surface area contributed by atoms with Gasteiger partial charge in [-0.2, -0.15) is 0 Å². The van der Waals surface area contributed by atoms with Crippen molar-refractivity contribution in [3.8, 4) is 0 Å². The van der Waals surface area contributed by atoms with Crippen LogP contribution in [-0.4, -0.2) is 28.0 Å². The number of carboxylic acid groups (broad SMARTS) is 1. The Bertz CT molecular complexity index is 592. The largest absolute Gasteiger partial charge is 0.475 e. The van der Waals surface area contributed by atoms with Gasteiger partial charge in [0.05, 0.1) is 11.7 Å². The molecule has 5 nitrogen and oxygen atoms in total. The second-order valence-electron chi connectivity index (χ2n) is 4.88. The molecule has 0 saturated heterocycles. The summed E-state index contributed by atoms with van der Waals surface area (Å²) >= 11 is 0. The van der Waals surface area contributed by atoms with Gasteiger partial charge in [-0.05, 0) is 39.1 Å². The molecule has 5 heteroatoms. The van der Waals surface area contributed by atoms with Crippen LogP contribution in [0.2, 0.25) is 0 Å². The van der Waals surface area contributed by atoms with Gasteiger partial charge in [0.25, 0.3) is 0 Å². The van der Waals surface area contributed by atoms with Crippen molar-refractivity contribution in [1.29, 1.82) is 0 Å². The zero-order chi connectivity index (χ0) is 14.7. The van der Waals surface area contributed by atoms with Gasteiger partial charge in [-0.3, -0.25) is 9.88 Å². The van der Waals surface area contributed by atoms with Crippen LogP contribution in [0.3, 0.4) is 0 Å². The lowest BCUT2D eigenvalue weighted by atomic mass is 10.2. The van der Waals surface area contributed by atoms with Crippen LogP contribution in [0.1, 0.15) is 40.5 Å². The number of furan rings is 1. The van der Waals surface area contributed by atoms with Gasteiger partial charge in [0, 0.05) is 18.3 Å². The van der Waals surface area contributed by atoms with Gasteiger partial charge in [0.2, 0.25) is 5.76 Å². The molecule has 1 N–H and O–H groups in total. The van der Waals surface area contributed by atoms with Crippen molar-refractivity contribution in [2.75, 3.05) is 7.05 Å². The molecule has 2 heterocycles. The smallest absolute Gasteiger partial charge is 0.372 e. The summed E-state index contributed by atoms with van der Waals surface area (Å²) in [7, 11) is 1.96. The van der Waals surface area contributed by atoms with Crippen molar-refractivity contribution < 1.29 is 14.3 Å². The van der Waals surface area contributed by atoms with Crippen molar-refractivity contribution >= 4 is 5.97 Å². The zero-order valence-corrected chi connectivity index (χ0v) is 11.8. The quantitative estimate of drug-likeness (QED) is 0.908. The highest BCUT2D eigenvalue weighted by molar-refractivity contribution is 5.86. The average Bonchev–Trinajstić information content (AvgIpc) is 2.81. The topological polar surface area (TPSA) is 66.6 Å². The van der Waals surface area contributed by atoms with Crippen LogP contribution < -0.4 is 0 Å². The Morgan fingerprint density at radius 1 is 1.50 bits per heavy atom. The predicted molar refractivity (Wildman–Crippen MR) is 74.5 cm³/mol. The minimum Gasteiger partial charge on any atom is -0.475 e. The highest BCUT2D eigenvalue weighted by Gasteiger charge is 2.20. The normalized spacial score (nSPS) is 12.6. The van der Waals surface area contributed by atoms with Crippen LogP contribution in [0.15, 0.2) is 34.9 Å². The van der Waals surface area contributed by atoms with Crippen LogP contribution >= 0.6 is 0 Å². The first-order valence-corrected chi connectivity index (χ1v) is 6.43. The van der Waals surface area contributed by atoms with E-state index >= 15 is 0 Å². The van der Waals surface area contributed by atoms with E-state index in [-0.39, 0.29) is 11.8 Å². The molecule has 0 amide bonds. The highest BCUT2D eigenvalue weighted by Crippen LogP contribution is 2.25. The lowest BCUT2D eigenvalue weighted by Crippen LogP contribution is -2.22. The molecule has 0 aliphatic carbocycles. The molecule has 0 spiro atoms. The van der Waals surface area contributed by atoms with Crippen LogP contribution in [0.4, 0.5) is 0 Å². The van der Waals surface area contributed by atoms with Crippen LogP contribution in [-0.2, 0) is 6.54 Å². The summed E-state index contributed by atoms with van der Waals surface area (Å²) in [5.41, 5.74) is 1.61. The van der Waals surface area contributed by atoms with Crippen molar-refractivity contribution in [2.24, 2.45) is 0 Å². The molecule has 0 aliphatic heterocycles. The number of pyridine rings is 1. The van der Waals surface area contributed by atoms with Gasteiger partial charge in [-0.15, -0.1) is 0 Å². The number of aromatic carboxylic acids is 1. The molecule has 2 aromatic heterocycles. The molecular weight excluding hydrogens is 256 g/mol. The fraction of sp³-hybridized carbons (Fsp3) is 0.333. The zero-order valence-electron chi connectivity index (χ0n) is 11.8. The van der Waals surface area contributed by atoms with Gasteiger partial charge < -0.3 is 9.52 Å². The minimum absolute atomic E-state index is 0.0121. The van der Waals surface area contributed by atoms with Crippen molar-refractivity contribution in [1.82, 2.24) is 9.88 Å². The Morgan fingerprint density at radius 3 is 2.80 bits per heavy atom. The molecule has 20 heavy (non-hydrogen) atoms. The fourth-order valence-electron chi connectivity index (χ4n) is 2.03. The van der Waals surface area contributed by atoms with Crippen molar-refractivity contribution in [3.63, 3.8) is 0 Å². The summed E-state index contributed by atoms with van der Waals surface area (Å²) in [5, 5.41) is 9.02. The molecule has 0 bridgehead atoms. The van der Waals surface area contributed by atoms with E-state index in [4.69, 9.17) is 9.52 Å². The van der Waals surface area contributed by atoms with Crippen molar-refractivity contribution in [3.05, 3.63) is 53.2 Å². The van der Waals surface area contributed by atoms with E-state index in [1.165, 1.54) is 0 Å². The van der Waals surface area contributed by atoms with Gasteiger partial charge >= 0.3 is 5.97 Å². The minimum atomic E-state index is -1.03. The maximum absolute atomic E-state index is 11.0. The number of carbonyl (C=O) groups is 1. The van der Waals surface area contributed by atoms with E-state index in [0.29, 0.717) is 17.9 Å². The molecule has 0 aromatic carbocycles. The summed E-state index contributed by atoms with van der Waals surface area (Å²) in [6.45, 7) is 4.39. The molecule has 1 unspecified atom stereocenters. The maximum Gasteiger partial charge on any atom is 0.372 e. The highest BCUT2D eigenvalue weighted by atomic mass is 16.4. The predicted octanol–water partition coefficient (Wildman–Crippen LogP) is 2.87. The second-order valence-corrected chi connectivity index (χ2v) is 4.88. The summed E-state index contributed by atoms with van der Waals surface area (Å²) in [6.07, 6.45) is 1.76. The van der Waals surface area contributed by atoms with Crippen molar-refractivity contribution in [2.45, 2.75) is 26.4 Å². The number of aryl methyl sites for hydroxylation is 1. The van der Waals surface area contributed by atoms with Gasteiger partial charge in [-0.25, -0.2) is 4.79 Å². The molecule has 2 aromatic rings. The maximum atomic E-state index is 11.0. The van der Waals surface area contributed by atoms with E-state index in [0.717, 1.165) is 5.69 Å². The van der Waals surface area contributed by atoms with E-state index in [1.807, 2.05) is 32.2 Å². The monoisotopic (exact) mass is 274 g/mol. The Morgan fingerprint density at radius 2 is 2.25 bits per heavy atom. The number of hydrogen-bond donors (Lipinski definition) is 1. The lowest BCUT2D eigenvalue weighted by molar-refractivity contribution is 0.0655. The molecule has 0 aliphatic rings. The Kier molecular flexibility index (Phi) is 4.20. The molecule has 1 atom stereocenters. The first kappa shape index (κ1) is 14.3. The van der Waals surface area contributed by atoms with E-state index in [9.17, 15) is 4.79 Å². The molecule has 0 radical (unpaired) electrons. The Labute approximate surface area is 117 Å². The van der Waals surface area contributed by atoms with Gasteiger partial charge in [-0.1, -0.05) is 6.07 Å². The van der Waals surface area contributed by atoms with Gasteiger partial charge in [0.15, 0.2) is 0 Å². The molecular formula is C15H18N2O3. The molecule has 106 valence electrons. The molecule has 0 saturated carbocycles. The molecule has 0 fully saturated rings. The number of hydrogen-bond acceptors (Lipinski definition) is 4. The van der Waals surface area contributed by atoms with Crippen LogP contribution in [0, 0.1) is 6.92 Å². The summed E-state index contributed by atoms with van der Waals surface area (Å²) in [5.74, 6) is -0.371. The lowest BCUT2D eigenvalue weighted by Gasteiger charge is -2.22. The van der Waals surface area contributed by atoms with Crippen LogP contribution in [0.25, 0.3) is 0 Å². The third-order valence-corrected chi connectivity index (χ3v) is 3.34. The first-order valence-electron chi connectivity index (χ1n) is 6.43. The second kappa shape index (κ2) is 5.88. The molecule has 2 rings (SSSR count). The van der Waals surface area contributed by atoms with E-state index in [2.05, 4.69) is 9.88 Å². The van der Waals surface area contributed by atoms with E-state index in [1.54, 1.807) is 19.2 Å². The first-order chi connectivity index (χ1) is 9.49. The SMILES string of the molecule is Cc1cc(C(C)N(C)Cc2ccccn2)oc1C(=O)O. The Hall–Kier alpha value is -2.14. The summed E-state index contributed by atoms with van der Waals surface area (Å²) < 4.78 is 5.43. The summed E-state index contributed by atoms with van der Waals surface area (Å²) in [4.78, 5) is 17.3.